The van der Waals surface area contributed by atoms with Crippen LogP contribution >= 0.6 is 0 Å². The third-order valence-electron chi connectivity index (χ3n) is 7.86. The van der Waals surface area contributed by atoms with Crippen molar-refractivity contribution in [3.8, 4) is 5.75 Å². The fourth-order valence-corrected chi connectivity index (χ4v) is 6.67. The highest BCUT2D eigenvalue weighted by atomic mass is 16.5. The quantitative estimate of drug-likeness (QED) is 0.306. The van der Waals surface area contributed by atoms with E-state index in [1.165, 1.54) is 44.1 Å². The summed E-state index contributed by atoms with van der Waals surface area (Å²) >= 11 is 0. The van der Waals surface area contributed by atoms with Gasteiger partial charge in [-0.3, -0.25) is 4.99 Å². The summed E-state index contributed by atoms with van der Waals surface area (Å²) in [5.74, 6) is 2.63. The Hall–Kier alpha value is -2.62. The van der Waals surface area contributed by atoms with Crippen LogP contribution in [0.1, 0.15) is 79.8 Å². The molecule has 1 N–H and O–H groups in total. The summed E-state index contributed by atoms with van der Waals surface area (Å²) in [5.41, 5.74) is 3.72. The molecule has 0 aromatic heterocycles. The van der Waals surface area contributed by atoms with Gasteiger partial charge >= 0.3 is 5.97 Å². The van der Waals surface area contributed by atoms with Gasteiger partial charge in [0, 0.05) is 11.8 Å². The van der Waals surface area contributed by atoms with E-state index in [1.807, 2.05) is 18.2 Å². The second kappa shape index (κ2) is 8.73. The molecule has 4 heteroatoms. The van der Waals surface area contributed by atoms with Crippen molar-refractivity contribution in [2.24, 2.45) is 22.7 Å². The molecule has 4 saturated carbocycles. The van der Waals surface area contributed by atoms with E-state index in [4.69, 9.17) is 4.74 Å². The third-order valence-corrected chi connectivity index (χ3v) is 7.86. The Morgan fingerprint density at radius 1 is 1.06 bits per heavy atom. The van der Waals surface area contributed by atoms with Crippen LogP contribution in [0.3, 0.4) is 0 Å². The Kier molecular flexibility index (Phi) is 5.79. The maximum atomic E-state index is 12.1. The maximum Gasteiger partial charge on any atom is 0.338 e. The van der Waals surface area contributed by atoms with Crippen molar-refractivity contribution in [1.29, 1.82) is 0 Å². The molecule has 4 nitrogen and oxygen atoms in total. The minimum Gasteiger partial charge on any atom is -0.507 e. The Morgan fingerprint density at radius 3 is 2.34 bits per heavy atom. The zero-order valence-electron chi connectivity index (χ0n) is 18.9. The van der Waals surface area contributed by atoms with Gasteiger partial charge in [0.1, 0.15) is 5.75 Å². The van der Waals surface area contributed by atoms with Gasteiger partial charge in [-0.2, -0.15) is 0 Å². The van der Waals surface area contributed by atoms with Crippen LogP contribution in [-0.4, -0.2) is 23.9 Å². The molecule has 4 aliphatic carbocycles. The van der Waals surface area contributed by atoms with E-state index in [1.54, 1.807) is 18.3 Å². The molecule has 4 bridgehead atoms. The first-order valence-corrected chi connectivity index (χ1v) is 12.2. The van der Waals surface area contributed by atoms with Gasteiger partial charge < -0.3 is 9.84 Å². The first-order chi connectivity index (χ1) is 15.5. The largest absolute Gasteiger partial charge is 0.507 e. The molecule has 4 fully saturated rings. The number of aromatic hydroxyl groups is 1. The lowest BCUT2D eigenvalue weighted by molar-refractivity contribution is -0.00520. The van der Waals surface area contributed by atoms with E-state index in [-0.39, 0.29) is 11.7 Å². The number of nitrogens with zero attached hydrogens (tertiary/aromatic N) is 1. The molecule has 0 aliphatic heterocycles. The van der Waals surface area contributed by atoms with Gasteiger partial charge in [-0.25, -0.2) is 4.79 Å². The summed E-state index contributed by atoms with van der Waals surface area (Å²) in [4.78, 5) is 16.6. The Morgan fingerprint density at radius 2 is 1.72 bits per heavy atom. The normalized spacial score (nSPS) is 28.3. The van der Waals surface area contributed by atoms with Crippen LogP contribution in [0.2, 0.25) is 0 Å². The molecule has 0 saturated heterocycles. The summed E-state index contributed by atoms with van der Waals surface area (Å²) in [6.07, 6.45) is 11.8. The lowest BCUT2D eigenvalue weighted by atomic mass is 9.48. The fourth-order valence-electron chi connectivity index (χ4n) is 6.67. The first-order valence-electron chi connectivity index (χ1n) is 12.2. The molecule has 168 valence electrons. The van der Waals surface area contributed by atoms with E-state index in [0.717, 1.165) is 41.8 Å². The molecule has 4 aliphatic rings. The molecule has 0 heterocycles. The maximum absolute atomic E-state index is 12.1. The minimum atomic E-state index is -0.296. The van der Waals surface area contributed by atoms with E-state index < -0.39 is 0 Å². The van der Waals surface area contributed by atoms with Gasteiger partial charge in [-0.05, 0) is 110 Å². The van der Waals surface area contributed by atoms with Crippen LogP contribution in [0.25, 0.3) is 0 Å². The van der Waals surface area contributed by atoms with Gasteiger partial charge in [0.2, 0.25) is 0 Å². The molecule has 0 unspecified atom stereocenters. The van der Waals surface area contributed by atoms with Crippen LogP contribution < -0.4 is 0 Å². The van der Waals surface area contributed by atoms with Crippen molar-refractivity contribution < 1.29 is 14.6 Å². The molecular weight excluding hydrogens is 398 g/mol. The van der Waals surface area contributed by atoms with Gasteiger partial charge in [0.25, 0.3) is 0 Å². The number of rotatable bonds is 7. The van der Waals surface area contributed by atoms with Gasteiger partial charge in [-0.1, -0.05) is 19.4 Å². The highest BCUT2D eigenvalue weighted by Gasteiger charge is 2.51. The van der Waals surface area contributed by atoms with Crippen molar-refractivity contribution in [2.75, 3.05) is 6.61 Å². The van der Waals surface area contributed by atoms with Crippen LogP contribution in [0, 0.1) is 17.8 Å². The van der Waals surface area contributed by atoms with Crippen LogP contribution in [0.5, 0.6) is 5.75 Å². The number of phenols is 1. The lowest BCUT2D eigenvalue weighted by Crippen LogP contribution is -2.48. The predicted molar refractivity (Wildman–Crippen MR) is 127 cm³/mol. The van der Waals surface area contributed by atoms with Crippen LogP contribution in [0.15, 0.2) is 47.5 Å². The number of ether oxygens (including phenoxy) is 1. The van der Waals surface area contributed by atoms with Crippen molar-refractivity contribution in [3.05, 3.63) is 59.2 Å². The molecule has 0 radical (unpaired) electrons. The Balaban J connectivity index is 1.31. The standard InChI is InChI=1S/C28H33NO3/c1-2-3-10-32-27(31)22-4-7-25(8-5-22)29-18-23-14-24(6-9-26(23)30)28-15-19-11-20(16-28)13-21(12-19)17-28/h4-9,14,18-21,30H,2-3,10-13,15-17H2,1H3. The van der Waals surface area contributed by atoms with Crippen LogP contribution in [0.4, 0.5) is 5.69 Å². The summed E-state index contributed by atoms with van der Waals surface area (Å²) in [6, 6.07) is 13.2. The van der Waals surface area contributed by atoms with Gasteiger partial charge in [0.05, 0.1) is 17.9 Å². The molecule has 2 aromatic rings. The molecule has 0 amide bonds. The molecule has 6 rings (SSSR count). The number of phenolic OH excluding ortho intramolecular Hbond substituents is 1. The number of hydrogen-bond donors (Lipinski definition) is 1. The van der Waals surface area contributed by atoms with Gasteiger partial charge in [0.15, 0.2) is 0 Å². The average molecular weight is 432 g/mol. The van der Waals surface area contributed by atoms with Gasteiger partial charge in [-0.15, -0.1) is 0 Å². The zero-order valence-corrected chi connectivity index (χ0v) is 18.9. The molecule has 32 heavy (non-hydrogen) atoms. The van der Waals surface area contributed by atoms with Crippen molar-refractivity contribution >= 4 is 17.9 Å². The molecule has 0 spiro atoms. The summed E-state index contributed by atoms with van der Waals surface area (Å²) in [6.45, 7) is 2.52. The molecular formula is C28H33NO3. The highest BCUT2D eigenvalue weighted by Crippen LogP contribution is 2.60. The average Bonchev–Trinajstić information content (AvgIpc) is 2.78. The molecule has 2 aromatic carbocycles. The van der Waals surface area contributed by atoms with E-state index >= 15 is 0 Å². The zero-order chi connectivity index (χ0) is 22.1. The second-order valence-electron chi connectivity index (χ2n) is 10.3. The van der Waals surface area contributed by atoms with Crippen molar-refractivity contribution in [2.45, 2.75) is 63.7 Å². The van der Waals surface area contributed by atoms with E-state index in [0.29, 0.717) is 17.6 Å². The summed E-state index contributed by atoms with van der Waals surface area (Å²) in [7, 11) is 0. The number of benzene rings is 2. The van der Waals surface area contributed by atoms with E-state index in [9.17, 15) is 9.90 Å². The van der Waals surface area contributed by atoms with Crippen molar-refractivity contribution in [1.82, 2.24) is 0 Å². The smallest absolute Gasteiger partial charge is 0.338 e. The third kappa shape index (κ3) is 4.20. The summed E-state index contributed by atoms with van der Waals surface area (Å²) < 4.78 is 5.26. The highest BCUT2D eigenvalue weighted by molar-refractivity contribution is 5.90. The van der Waals surface area contributed by atoms with Crippen molar-refractivity contribution in [3.63, 3.8) is 0 Å². The second-order valence-corrected chi connectivity index (χ2v) is 10.3. The predicted octanol–water partition coefficient (Wildman–Crippen LogP) is 6.57. The minimum absolute atomic E-state index is 0.262. The number of carbonyl (C=O) groups is 1. The summed E-state index contributed by atoms with van der Waals surface area (Å²) in [5, 5.41) is 10.5. The lowest BCUT2D eigenvalue weighted by Gasteiger charge is -2.57. The first kappa shape index (κ1) is 21.2. The number of esters is 1. The Bertz CT molecular complexity index is 973. The number of carbonyl (C=O) groups excluding carboxylic acids is 1. The number of aliphatic imine (C=N–C) groups is 1. The SMILES string of the molecule is CCCCOC(=O)c1ccc(N=Cc2cc(C34CC5CC(CC(C5)C3)C4)ccc2O)cc1. The number of hydrogen-bond acceptors (Lipinski definition) is 4. The van der Waals surface area contributed by atoms with Crippen LogP contribution in [-0.2, 0) is 10.2 Å². The topological polar surface area (TPSA) is 58.9 Å². The van der Waals surface area contributed by atoms with E-state index in [2.05, 4.69) is 24.0 Å². The number of unbranched alkanes of at least 4 members (excludes halogenated alkanes) is 1. The molecule has 0 atom stereocenters. The Labute approximate surface area is 190 Å². The fraction of sp³-hybridized carbons (Fsp3) is 0.500. The monoisotopic (exact) mass is 431 g/mol.